The topological polar surface area (TPSA) is 111 Å². The summed E-state index contributed by atoms with van der Waals surface area (Å²) in [6, 6.07) is 0. The van der Waals surface area contributed by atoms with Crippen molar-refractivity contribution in [1.29, 1.82) is 0 Å². The second-order valence-corrected chi connectivity index (χ2v) is 27.6. The molecule has 0 aliphatic carbocycles. The van der Waals surface area contributed by atoms with Crippen LogP contribution in [0.25, 0.3) is 0 Å². The summed E-state index contributed by atoms with van der Waals surface area (Å²) in [5.41, 5.74) is 0. The van der Waals surface area contributed by atoms with Gasteiger partial charge in [0.15, 0.2) is 12.4 Å². The van der Waals surface area contributed by atoms with Crippen LogP contribution in [0.1, 0.15) is 322 Å². The number of ether oxygens (including phenoxy) is 4. The Morgan fingerprint density at radius 3 is 0.808 bits per heavy atom. The van der Waals surface area contributed by atoms with Crippen LogP contribution in [0.15, 0.2) is 170 Å². The van der Waals surface area contributed by atoms with Gasteiger partial charge in [-0.05, 0) is 128 Å². The summed E-state index contributed by atoms with van der Waals surface area (Å²) >= 11 is 0. The molecule has 0 rings (SSSR count). The fourth-order valence-electron chi connectivity index (χ4n) is 10.9. The molecular weight excluding hydrogens is 1220 g/mol. The minimum atomic E-state index is -1.63. The van der Waals surface area contributed by atoms with E-state index in [1.807, 2.05) is 21.1 Å². The average molecular weight is 1370 g/mol. The summed E-state index contributed by atoms with van der Waals surface area (Å²) in [6.45, 7) is 4.53. The van der Waals surface area contributed by atoms with Crippen molar-refractivity contribution in [3.8, 4) is 0 Å². The third kappa shape index (κ3) is 79.8. The van der Waals surface area contributed by atoms with Gasteiger partial charge in [0.1, 0.15) is 13.2 Å². The zero-order valence-electron chi connectivity index (χ0n) is 64.3. The van der Waals surface area contributed by atoms with E-state index >= 15 is 0 Å². The van der Waals surface area contributed by atoms with E-state index < -0.39 is 24.3 Å². The predicted octanol–water partition coefficient (Wildman–Crippen LogP) is 24.8. The first kappa shape index (κ1) is 93.6. The summed E-state index contributed by atoms with van der Waals surface area (Å²) in [6.07, 6.45) is 115. The van der Waals surface area contributed by atoms with Gasteiger partial charge in [-0.1, -0.05) is 351 Å². The molecule has 0 aromatic carbocycles. The minimum absolute atomic E-state index is 0.142. The van der Waals surface area contributed by atoms with Crippen LogP contribution in [0.4, 0.5) is 0 Å². The molecule has 0 spiro atoms. The maximum absolute atomic E-state index is 13.0. The molecule has 0 aromatic heterocycles. The van der Waals surface area contributed by atoms with Gasteiger partial charge in [-0.3, -0.25) is 9.59 Å². The van der Waals surface area contributed by atoms with Crippen LogP contribution in [0.3, 0.4) is 0 Å². The molecule has 2 unspecified atom stereocenters. The molecule has 9 nitrogen and oxygen atoms in total. The SMILES string of the molecule is CC/C=C\C/C=C\C/C=C\C/C=C\C/C=C\C/C=C\C/C=C\CCCCCCCCCCCCCCCCCCCCCC(=O)OC(COC(=O)CCCCCCCCCCCCC/C=C\C/C=C\C/C=C\C/C=C\C/C=C\C/C=C\C/C=C\CC)COC(OCC[N+](C)(C)C)C(=O)[O-]. The minimum Gasteiger partial charge on any atom is -0.545 e. The zero-order valence-corrected chi connectivity index (χ0v) is 64.3. The Bertz CT molecular complexity index is 2240. The van der Waals surface area contributed by atoms with E-state index in [4.69, 9.17) is 18.9 Å². The third-order valence-electron chi connectivity index (χ3n) is 17.0. The Balaban J connectivity index is 4.05. The number of esters is 2. The standard InChI is InChI=1S/C90H149NO8/c1-6-8-10-12-14-16-18-20-22-24-26-28-30-32-34-36-38-40-41-42-43-44-45-46-47-49-51-53-55-57-59-61-63-65-67-69-71-73-75-77-79-81-88(93)99-86(85-98-90(89(94)95)96-83-82-91(3,4)5)84-97-87(92)80-78-76-74-72-70-68-66-64-62-60-58-56-54-52-50-48-39-37-35-33-31-29-27-25-23-21-19-17-15-13-11-9-7-2/h8-11,14-17,20-23,26-29,32-35,38-40,42-43,48,52,54,86,90H,6-7,12-13,18-19,24-25,30-31,36-37,41,44-47,49-51,53,55-85H2,1-5H3/b10-8-,11-9-,16-14-,17-15-,22-20-,23-21-,28-26-,29-27-,34-32-,35-33-,40-38-,43-42-,48-39-,54-52-. The van der Waals surface area contributed by atoms with Crippen molar-refractivity contribution in [2.24, 2.45) is 0 Å². The molecule has 0 aliphatic heterocycles. The molecule has 0 heterocycles. The number of hydrogen-bond acceptors (Lipinski definition) is 8. The second-order valence-electron chi connectivity index (χ2n) is 27.6. The van der Waals surface area contributed by atoms with Crippen molar-refractivity contribution in [2.45, 2.75) is 334 Å². The normalized spacial score (nSPS) is 13.6. The fraction of sp³-hybridized carbons (Fsp3) is 0.656. The number of nitrogens with zero attached hydrogens (tertiary/aromatic N) is 1. The maximum Gasteiger partial charge on any atom is 0.306 e. The molecule has 562 valence electrons. The lowest BCUT2D eigenvalue weighted by molar-refractivity contribution is -0.870. The monoisotopic (exact) mass is 1370 g/mol. The number of rotatable bonds is 73. The smallest absolute Gasteiger partial charge is 0.306 e. The number of allylic oxidation sites excluding steroid dienone is 28. The first-order chi connectivity index (χ1) is 48.6. The molecule has 0 radical (unpaired) electrons. The van der Waals surface area contributed by atoms with Gasteiger partial charge in [0.05, 0.1) is 40.3 Å². The predicted molar refractivity (Wildman–Crippen MR) is 425 cm³/mol. The number of aliphatic carboxylic acids is 1. The molecule has 0 amide bonds. The molecule has 0 bridgehead atoms. The lowest BCUT2D eigenvalue weighted by atomic mass is 10.0. The van der Waals surface area contributed by atoms with Crippen LogP contribution >= 0.6 is 0 Å². The number of hydrogen-bond donors (Lipinski definition) is 0. The van der Waals surface area contributed by atoms with E-state index in [9.17, 15) is 19.5 Å². The van der Waals surface area contributed by atoms with E-state index in [2.05, 4.69) is 184 Å². The van der Waals surface area contributed by atoms with Crippen LogP contribution in [0.5, 0.6) is 0 Å². The van der Waals surface area contributed by atoms with Crippen molar-refractivity contribution in [1.82, 2.24) is 0 Å². The Morgan fingerprint density at radius 2 is 0.545 bits per heavy atom. The summed E-state index contributed by atoms with van der Waals surface area (Å²) in [7, 11) is 5.93. The van der Waals surface area contributed by atoms with E-state index in [0.717, 1.165) is 141 Å². The van der Waals surface area contributed by atoms with Gasteiger partial charge < -0.3 is 33.3 Å². The van der Waals surface area contributed by atoms with E-state index in [1.54, 1.807) is 0 Å². The Hall–Kier alpha value is -5.35. The Morgan fingerprint density at radius 1 is 0.303 bits per heavy atom. The van der Waals surface area contributed by atoms with Crippen molar-refractivity contribution in [2.75, 3.05) is 47.5 Å². The number of quaternary nitrogens is 1. The summed E-state index contributed by atoms with van der Waals surface area (Å²) in [5.74, 6) is -2.28. The highest BCUT2D eigenvalue weighted by Crippen LogP contribution is 2.18. The molecular formula is C90H149NO8. The van der Waals surface area contributed by atoms with Crippen LogP contribution in [0, 0.1) is 0 Å². The van der Waals surface area contributed by atoms with Crippen LogP contribution in [0.2, 0.25) is 0 Å². The van der Waals surface area contributed by atoms with Crippen LogP contribution in [-0.4, -0.2) is 82.3 Å². The molecule has 0 fully saturated rings. The van der Waals surface area contributed by atoms with Gasteiger partial charge in [-0.25, -0.2) is 0 Å². The molecule has 9 heteroatoms. The molecule has 99 heavy (non-hydrogen) atoms. The maximum atomic E-state index is 13.0. The van der Waals surface area contributed by atoms with Gasteiger partial charge in [0, 0.05) is 12.8 Å². The molecule has 0 saturated heterocycles. The van der Waals surface area contributed by atoms with Gasteiger partial charge in [0.2, 0.25) is 0 Å². The highest BCUT2D eigenvalue weighted by atomic mass is 16.7. The number of unbranched alkanes of at least 4 members (excludes halogenated alkanes) is 30. The van der Waals surface area contributed by atoms with Crippen LogP contribution in [-0.2, 0) is 33.3 Å². The first-order valence-electron chi connectivity index (χ1n) is 40.3. The van der Waals surface area contributed by atoms with E-state index in [0.29, 0.717) is 17.4 Å². The largest absolute Gasteiger partial charge is 0.545 e. The molecule has 0 aromatic rings. The van der Waals surface area contributed by atoms with Crippen molar-refractivity contribution in [3.63, 3.8) is 0 Å². The number of carboxylic acid groups (broad SMARTS) is 1. The quantitative estimate of drug-likeness (QED) is 0.0195. The van der Waals surface area contributed by atoms with Crippen LogP contribution < -0.4 is 5.11 Å². The van der Waals surface area contributed by atoms with Crippen molar-refractivity contribution >= 4 is 17.9 Å². The van der Waals surface area contributed by atoms with Crippen molar-refractivity contribution in [3.05, 3.63) is 170 Å². The zero-order chi connectivity index (χ0) is 71.8. The van der Waals surface area contributed by atoms with Gasteiger partial charge in [-0.15, -0.1) is 0 Å². The molecule has 0 aliphatic rings. The lowest BCUT2D eigenvalue weighted by Crippen LogP contribution is -2.44. The van der Waals surface area contributed by atoms with Crippen molar-refractivity contribution < 1.29 is 42.9 Å². The highest BCUT2D eigenvalue weighted by molar-refractivity contribution is 5.70. The number of carboxylic acids is 1. The summed E-state index contributed by atoms with van der Waals surface area (Å²) in [4.78, 5) is 37.6. The fourth-order valence-corrected chi connectivity index (χ4v) is 10.9. The van der Waals surface area contributed by atoms with E-state index in [1.165, 1.54) is 148 Å². The molecule has 0 N–H and O–H groups in total. The summed E-state index contributed by atoms with van der Waals surface area (Å²) in [5, 5.41) is 11.9. The van der Waals surface area contributed by atoms with Gasteiger partial charge in [0.25, 0.3) is 0 Å². The Labute approximate surface area is 609 Å². The average Bonchev–Trinajstić information content (AvgIpc) is 2.62. The number of carbonyl (C=O) groups excluding carboxylic acids is 3. The highest BCUT2D eigenvalue weighted by Gasteiger charge is 2.22. The molecule has 0 saturated carbocycles. The summed E-state index contributed by atoms with van der Waals surface area (Å²) < 4.78 is 22.9. The molecule has 2 atom stereocenters. The van der Waals surface area contributed by atoms with Gasteiger partial charge in [-0.2, -0.15) is 0 Å². The third-order valence-corrected chi connectivity index (χ3v) is 17.0. The number of carbonyl (C=O) groups is 3. The number of likely N-dealkylation sites (N-methyl/N-ethyl adjacent to an activating group) is 1. The Kier molecular flexibility index (Phi) is 74.1. The lowest BCUT2D eigenvalue weighted by Gasteiger charge is -2.26. The first-order valence-corrected chi connectivity index (χ1v) is 40.3. The van der Waals surface area contributed by atoms with Gasteiger partial charge >= 0.3 is 11.9 Å². The second kappa shape index (κ2) is 78.4. The van der Waals surface area contributed by atoms with E-state index in [-0.39, 0.29) is 38.6 Å².